The third kappa shape index (κ3) is 1.74. The second-order valence-corrected chi connectivity index (χ2v) is 3.09. The average Bonchev–Trinajstić information content (AvgIpc) is 2.63. The number of nitrogen functional groups attached to an aromatic ring is 1. The van der Waals surface area contributed by atoms with Crippen LogP contribution in [0.5, 0.6) is 0 Å². The van der Waals surface area contributed by atoms with Crippen molar-refractivity contribution in [1.29, 1.82) is 0 Å². The molecule has 2 aromatic heterocycles. The predicted octanol–water partition coefficient (Wildman–Crippen LogP) is 0.501. The van der Waals surface area contributed by atoms with E-state index in [1.54, 1.807) is 17.9 Å². The number of nitrogens with two attached hydrogens (primary N) is 1. The molecule has 2 aromatic rings. The number of rotatable bonds is 2. The lowest BCUT2D eigenvalue weighted by atomic mass is 10.3. The summed E-state index contributed by atoms with van der Waals surface area (Å²) in [6.45, 7) is 0. The zero-order valence-electron chi connectivity index (χ0n) is 8.60. The van der Waals surface area contributed by atoms with Crippen LogP contribution < -0.4 is 11.1 Å². The molecular formula is C9H12N6. The van der Waals surface area contributed by atoms with Gasteiger partial charge in [0.05, 0.1) is 11.4 Å². The van der Waals surface area contributed by atoms with E-state index in [0.717, 1.165) is 11.4 Å². The Morgan fingerprint density at radius 2 is 2.20 bits per heavy atom. The molecule has 2 heterocycles. The van der Waals surface area contributed by atoms with Crippen LogP contribution in [-0.2, 0) is 7.05 Å². The van der Waals surface area contributed by atoms with E-state index in [0.29, 0.717) is 5.82 Å². The summed E-state index contributed by atoms with van der Waals surface area (Å²) in [5.41, 5.74) is 7.26. The van der Waals surface area contributed by atoms with Gasteiger partial charge in [-0.1, -0.05) is 0 Å². The van der Waals surface area contributed by atoms with Crippen molar-refractivity contribution in [3.8, 4) is 11.4 Å². The topological polar surface area (TPSA) is 81.7 Å². The highest BCUT2D eigenvalue weighted by molar-refractivity contribution is 5.60. The van der Waals surface area contributed by atoms with Crippen molar-refractivity contribution in [3.05, 3.63) is 18.3 Å². The highest BCUT2D eigenvalue weighted by Crippen LogP contribution is 2.19. The molecule has 0 amide bonds. The molecule has 6 nitrogen and oxygen atoms in total. The summed E-state index contributed by atoms with van der Waals surface area (Å²) in [6.07, 6.45) is 1.71. The van der Waals surface area contributed by atoms with Crippen molar-refractivity contribution in [1.82, 2.24) is 19.7 Å². The van der Waals surface area contributed by atoms with E-state index in [-0.39, 0.29) is 5.95 Å². The van der Waals surface area contributed by atoms with Crippen molar-refractivity contribution in [2.24, 2.45) is 7.05 Å². The summed E-state index contributed by atoms with van der Waals surface area (Å²) >= 11 is 0. The van der Waals surface area contributed by atoms with Crippen LogP contribution in [-0.4, -0.2) is 26.8 Å². The van der Waals surface area contributed by atoms with Crippen LogP contribution in [0.1, 0.15) is 0 Å². The van der Waals surface area contributed by atoms with Gasteiger partial charge in [0, 0.05) is 26.4 Å². The van der Waals surface area contributed by atoms with Gasteiger partial charge in [0.2, 0.25) is 5.95 Å². The van der Waals surface area contributed by atoms with Gasteiger partial charge in [-0.3, -0.25) is 4.68 Å². The third-order valence-electron chi connectivity index (χ3n) is 2.08. The highest BCUT2D eigenvalue weighted by atomic mass is 15.3. The molecule has 0 saturated carbocycles. The molecule has 78 valence electrons. The molecule has 15 heavy (non-hydrogen) atoms. The standard InChI is InChI=1S/C9H12N6/c1-11-8-5-6(13-9(10)14-8)7-3-4-12-15(7)2/h3-5H,1-2H3,(H3,10,11,13,14). The molecule has 0 aliphatic heterocycles. The monoisotopic (exact) mass is 204 g/mol. The zero-order valence-corrected chi connectivity index (χ0v) is 8.60. The molecule has 0 saturated heterocycles. The molecule has 0 fully saturated rings. The summed E-state index contributed by atoms with van der Waals surface area (Å²) in [5, 5.41) is 7.00. The van der Waals surface area contributed by atoms with E-state index in [4.69, 9.17) is 5.73 Å². The van der Waals surface area contributed by atoms with E-state index in [2.05, 4.69) is 20.4 Å². The molecule has 0 aliphatic carbocycles. The highest BCUT2D eigenvalue weighted by Gasteiger charge is 2.06. The lowest BCUT2D eigenvalue weighted by Gasteiger charge is -2.05. The largest absolute Gasteiger partial charge is 0.373 e. The number of nitrogens with zero attached hydrogens (tertiary/aromatic N) is 4. The Morgan fingerprint density at radius 1 is 1.40 bits per heavy atom. The maximum absolute atomic E-state index is 5.60. The SMILES string of the molecule is CNc1cc(-c2ccnn2C)nc(N)n1. The van der Waals surface area contributed by atoms with E-state index in [9.17, 15) is 0 Å². The molecule has 0 aliphatic rings. The van der Waals surface area contributed by atoms with Gasteiger partial charge in [-0.15, -0.1) is 0 Å². The number of anilines is 2. The smallest absolute Gasteiger partial charge is 0.222 e. The molecule has 6 heteroatoms. The zero-order chi connectivity index (χ0) is 10.8. The second-order valence-electron chi connectivity index (χ2n) is 3.09. The van der Waals surface area contributed by atoms with Gasteiger partial charge in [-0.25, -0.2) is 4.98 Å². The van der Waals surface area contributed by atoms with Gasteiger partial charge in [-0.2, -0.15) is 10.1 Å². The van der Waals surface area contributed by atoms with Crippen molar-refractivity contribution in [3.63, 3.8) is 0 Å². The summed E-state index contributed by atoms with van der Waals surface area (Å²) in [7, 11) is 3.64. The van der Waals surface area contributed by atoms with Crippen molar-refractivity contribution < 1.29 is 0 Å². The Kier molecular flexibility index (Phi) is 2.24. The number of aromatic nitrogens is 4. The first-order chi connectivity index (χ1) is 7.20. The minimum atomic E-state index is 0.248. The summed E-state index contributed by atoms with van der Waals surface area (Å²) in [6, 6.07) is 3.70. The van der Waals surface area contributed by atoms with Gasteiger partial charge in [0.25, 0.3) is 0 Å². The Balaban J connectivity index is 2.53. The first-order valence-corrected chi connectivity index (χ1v) is 4.51. The van der Waals surface area contributed by atoms with E-state index >= 15 is 0 Å². The molecule has 0 spiro atoms. The summed E-state index contributed by atoms with van der Waals surface area (Å²) in [4.78, 5) is 8.17. The van der Waals surface area contributed by atoms with Crippen LogP contribution >= 0.6 is 0 Å². The fourth-order valence-electron chi connectivity index (χ4n) is 1.35. The number of hydrogen-bond donors (Lipinski definition) is 2. The Morgan fingerprint density at radius 3 is 2.80 bits per heavy atom. The van der Waals surface area contributed by atoms with Crippen LogP contribution in [0.2, 0.25) is 0 Å². The van der Waals surface area contributed by atoms with Crippen LogP contribution in [0.25, 0.3) is 11.4 Å². The Labute approximate surface area is 87.2 Å². The number of nitrogens with one attached hydrogen (secondary N) is 1. The minimum absolute atomic E-state index is 0.248. The van der Waals surface area contributed by atoms with Crippen LogP contribution in [0.4, 0.5) is 11.8 Å². The number of hydrogen-bond acceptors (Lipinski definition) is 5. The molecule has 0 atom stereocenters. The lowest BCUT2D eigenvalue weighted by Crippen LogP contribution is -2.03. The molecule has 0 aromatic carbocycles. The first-order valence-electron chi connectivity index (χ1n) is 4.51. The lowest BCUT2D eigenvalue weighted by molar-refractivity contribution is 0.773. The minimum Gasteiger partial charge on any atom is -0.373 e. The maximum atomic E-state index is 5.60. The van der Waals surface area contributed by atoms with E-state index in [1.165, 1.54) is 0 Å². The van der Waals surface area contributed by atoms with Crippen LogP contribution in [0.3, 0.4) is 0 Å². The number of aryl methyl sites for hydroxylation is 1. The summed E-state index contributed by atoms with van der Waals surface area (Å²) < 4.78 is 1.74. The Bertz CT molecular complexity index is 475. The molecule has 0 unspecified atom stereocenters. The van der Waals surface area contributed by atoms with Crippen LogP contribution in [0, 0.1) is 0 Å². The quantitative estimate of drug-likeness (QED) is 0.744. The van der Waals surface area contributed by atoms with Crippen LogP contribution in [0.15, 0.2) is 18.3 Å². The first kappa shape index (κ1) is 9.45. The van der Waals surface area contributed by atoms with E-state index in [1.807, 2.05) is 19.2 Å². The van der Waals surface area contributed by atoms with Crippen molar-refractivity contribution >= 4 is 11.8 Å². The molecule has 3 N–H and O–H groups in total. The Hall–Kier alpha value is -2.11. The van der Waals surface area contributed by atoms with Crippen molar-refractivity contribution in [2.45, 2.75) is 0 Å². The van der Waals surface area contributed by atoms with Crippen molar-refractivity contribution in [2.75, 3.05) is 18.1 Å². The maximum Gasteiger partial charge on any atom is 0.222 e. The molecular weight excluding hydrogens is 192 g/mol. The molecule has 0 bridgehead atoms. The average molecular weight is 204 g/mol. The second kappa shape index (κ2) is 3.56. The predicted molar refractivity (Wildman–Crippen MR) is 58.2 cm³/mol. The van der Waals surface area contributed by atoms with Gasteiger partial charge in [-0.05, 0) is 6.07 Å². The van der Waals surface area contributed by atoms with Gasteiger partial charge >= 0.3 is 0 Å². The molecule has 0 radical (unpaired) electrons. The fourth-order valence-corrected chi connectivity index (χ4v) is 1.35. The van der Waals surface area contributed by atoms with Gasteiger partial charge in [0.15, 0.2) is 0 Å². The third-order valence-corrected chi connectivity index (χ3v) is 2.08. The van der Waals surface area contributed by atoms with E-state index < -0.39 is 0 Å². The van der Waals surface area contributed by atoms with Gasteiger partial charge in [0.1, 0.15) is 5.82 Å². The summed E-state index contributed by atoms with van der Waals surface area (Å²) in [5.74, 6) is 0.941. The molecule has 2 rings (SSSR count). The van der Waals surface area contributed by atoms with Gasteiger partial charge < -0.3 is 11.1 Å². The normalized spacial score (nSPS) is 10.3. The fraction of sp³-hybridized carbons (Fsp3) is 0.222.